The number of para-hydroxylation sites is 1. The summed E-state index contributed by atoms with van der Waals surface area (Å²) in [5, 5.41) is 9.60. The summed E-state index contributed by atoms with van der Waals surface area (Å²) < 4.78 is 0. The maximum absolute atomic E-state index is 9.60. The Balaban J connectivity index is 2.26. The van der Waals surface area contributed by atoms with E-state index in [2.05, 4.69) is 4.98 Å². The van der Waals surface area contributed by atoms with E-state index in [1.165, 1.54) is 11.8 Å². The lowest BCUT2D eigenvalue weighted by molar-refractivity contribution is 0.462. The van der Waals surface area contributed by atoms with Gasteiger partial charge in [-0.25, -0.2) is 0 Å². The van der Waals surface area contributed by atoms with Gasteiger partial charge in [0, 0.05) is 16.8 Å². The number of aromatic nitrogens is 1. The summed E-state index contributed by atoms with van der Waals surface area (Å²) in [6.07, 6.45) is 1.78. The van der Waals surface area contributed by atoms with E-state index in [0.29, 0.717) is 5.75 Å². The first-order valence-electron chi connectivity index (χ1n) is 4.64. The van der Waals surface area contributed by atoms with Crippen LogP contribution in [0.5, 0.6) is 5.75 Å². The molecule has 1 N–H and O–H groups in total. The maximum atomic E-state index is 9.60. The fraction of sp³-hybridized carbons (Fsp3) is 0.0833. The van der Waals surface area contributed by atoms with E-state index in [1.54, 1.807) is 12.3 Å². The molecule has 0 spiro atoms. The number of phenols is 1. The summed E-state index contributed by atoms with van der Waals surface area (Å²) in [5.41, 5.74) is 0.982. The summed E-state index contributed by atoms with van der Waals surface area (Å²) >= 11 is 1.54. The second-order valence-corrected chi connectivity index (χ2v) is 4.32. The standard InChI is InChI=1S/C12H11NOS/c1-9-8-10(6-7-13-9)15-12-5-3-2-4-11(12)14/h2-8,14H,1H3. The smallest absolute Gasteiger partial charge is 0.129 e. The topological polar surface area (TPSA) is 33.1 Å². The minimum atomic E-state index is 0.317. The molecule has 76 valence electrons. The number of rotatable bonds is 2. The maximum Gasteiger partial charge on any atom is 0.129 e. The van der Waals surface area contributed by atoms with Crippen molar-refractivity contribution in [2.75, 3.05) is 0 Å². The van der Waals surface area contributed by atoms with E-state index in [-0.39, 0.29) is 0 Å². The van der Waals surface area contributed by atoms with Crippen LogP contribution in [0.25, 0.3) is 0 Å². The molecule has 1 aromatic carbocycles. The van der Waals surface area contributed by atoms with Gasteiger partial charge >= 0.3 is 0 Å². The molecule has 0 amide bonds. The molecule has 0 fully saturated rings. The van der Waals surface area contributed by atoms with Gasteiger partial charge in [0.15, 0.2) is 0 Å². The number of aryl methyl sites for hydroxylation is 1. The summed E-state index contributed by atoms with van der Waals surface area (Å²) in [6, 6.07) is 11.3. The van der Waals surface area contributed by atoms with Crippen molar-refractivity contribution >= 4 is 11.8 Å². The van der Waals surface area contributed by atoms with Gasteiger partial charge in [0.2, 0.25) is 0 Å². The molecule has 2 aromatic rings. The van der Waals surface area contributed by atoms with E-state index in [9.17, 15) is 5.11 Å². The molecule has 2 rings (SSSR count). The van der Waals surface area contributed by atoms with Crippen LogP contribution in [0.4, 0.5) is 0 Å². The molecule has 0 saturated carbocycles. The van der Waals surface area contributed by atoms with Crippen molar-refractivity contribution in [1.29, 1.82) is 0 Å². The van der Waals surface area contributed by atoms with E-state index in [1.807, 2.05) is 37.3 Å². The third-order valence-corrected chi connectivity index (χ3v) is 3.02. The molecular weight excluding hydrogens is 206 g/mol. The Labute approximate surface area is 93.0 Å². The van der Waals surface area contributed by atoms with E-state index in [4.69, 9.17) is 0 Å². The molecule has 0 aliphatic carbocycles. The Bertz CT molecular complexity index is 471. The molecule has 0 saturated heterocycles. The minimum Gasteiger partial charge on any atom is -0.507 e. The summed E-state index contributed by atoms with van der Waals surface area (Å²) in [5.74, 6) is 0.317. The van der Waals surface area contributed by atoms with Crippen LogP contribution in [0.3, 0.4) is 0 Å². The van der Waals surface area contributed by atoms with Gasteiger partial charge in [-0.1, -0.05) is 23.9 Å². The van der Waals surface area contributed by atoms with Crippen molar-refractivity contribution in [2.24, 2.45) is 0 Å². The highest BCUT2D eigenvalue weighted by Crippen LogP contribution is 2.33. The fourth-order valence-corrected chi connectivity index (χ4v) is 2.19. The first kappa shape index (κ1) is 10.1. The predicted octanol–water partition coefficient (Wildman–Crippen LogP) is 3.25. The fourth-order valence-electron chi connectivity index (χ4n) is 1.25. The van der Waals surface area contributed by atoms with Gasteiger partial charge in [0.05, 0.1) is 4.90 Å². The molecule has 0 atom stereocenters. The van der Waals surface area contributed by atoms with Crippen molar-refractivity contribution in [3.05, 3.63) is 48.3 Å². The Morgan fingerprint density at radius 1 is 1.20 bits per heavy atom. The van der Waals surface area contributed by atoms with Crippen LogP contribution in [0.1, 0.15) is 5.69 Å². The van der Waals surface area contributed by atoms with E-state index >= 15 is 0 Å². The Morgan fingerprint density at radius 3 is 2.73 bits per heavy atom. The quantitative estimate of drug-likeness (QED) is 0.838. The van der Waals surface area contributed by atoms with Gasteiger partial charge < -0.3 is 5.11 Å². The average Bonchev–Trinajstić information content (AvgIpc) is 2.22. The van der Waals surface area contributed by atoms with Crippen molar-refractivity contribution in [2.45, 2.75) is 16.7 Å². The highest BCUT2D eigenvalue weighted by atomic mass is 32.2. The molecule has 3 heteroatoms. The lowest BCUT2D eigenvalue weighted by atomic mass is 10.3. The van der Waals surface area contributed by atoms with E-state index < -0.39 is 0 Å². The normalized spacial score (nSPS) is 10.2. The summed E-state index contributed by atoms with van der Waals surface area (Å²) in [6.45, 7) is 1.95. The predicted molar refractivity (Wildman–Crippen MR) is 61.2 cm³/mol. The van der Waals surface area contributed by atoms with Crippen LogP contribution in [-0.2, 0) is 0 Å². The molecule has 0 bridgehead atoms. The van der Waals surface area contributed by atoms with Crippen LogP contribution in [-0.4, -0.2) is 10.1 Å². The van der Waals surface area contributed by atoms with Gasteiger partial charge in [0.25, 0.3) is 0 Å². The zero-order valence-electron chi connectivity index (χ0n) is 8.34. The summed E-state index contributed by atoms with van der Waals surface area (Å²) in [4.78, 5) is 6.08. The highest BCUT2D eigenvalue weighted by molar-refractivity contribution is 7.99. The lowest BCUT2D eigenvalue weighted by Gasteiger charge is -2.03. The van der Waals surface area contributed by atoms with Crippen molar-refractivity contribution in [3.8, 4) is 5.75 Å². The second-order valence-electron chi connectivity index (χ2n) is 3.20. The number of benzene rings is 1. The first-order valence-corrected chi connectivity index (χ1v) is 5.46. The Morgan fingerprint density at radius 2 is 2.00 bits per heavy atom. The van der Waals surface area contributed by atoms with Gasteiger partial charge in [0.1, 0.15) is 5.75 Å². The average molecular weight is 217 g/mol. The lowest BCUT2D eigenvalue weighted by Crippen LogP contribution is -1.80. The van der Waals surface area contributed by atoms with Crippen LogP contribution in [0, 0.1) is 6.92 Å². The number of hydrogen-bond donors (Lipinski definition) is 1. The molecule has 2 nitrogen and oxygen atoms in total. The van der Waals surface area contributed by atoms with Gasteiger partial charge in [-0.05, 0) is 31.2 Å². The number of phenolic OH excluding ortho intramolecular Hbond substituents is 1. The SMILES string of the molecule is Cc1cc(Sc2ccccc2O)ccn1. The number of hydrogen-bond acceptors (Lipinski definition) is 3. The van der Waals surface area contributed by atoms with Crippen LogP contribution in [0.2, 0.25) is 0 Å². The molecule has 1 heterocycles. The Kier molecular flexibility index (Phi) is 2.92. The number of pyridine rings is 1. The van der Waals surface area contributed by atoms with Crippen LogP contribution >= 0.6 is 11.8 Å². The van der Waals surface area contributed by atoms with Gasteiger partial charge in [-0.3, -0.25) is 4.98 Å². The van der Waals surface area contributed by atoms with E-state index in [0.717, 1.165) is 15.5 Å². The van der Waals surface area contributed by atoms with Crippen molar-refractivity contribution in [1.82, 2.24) is 4.98 Å². The molecule has 0 aliphatic heterocycles. The second kappa shape index (κ2) is 4.36. The van der Waals surface area contributed by atoms with Crippen molar-refractivity contribution < 1.29 is 5.11 Å². The monoisotopic (exact) mass is 217 g/mol. The minimum absolute atomic E-state index is 0.317. The van der Waals surface area contributed by atoms with Crippen LogP contribution in [0.15, 0.2) is 52.4 Å². The molecule has 0 aliphatic rings. The molecule has 0 unspecified atom stereocenters. The van der Waals surface area contributed by atoms with Crippen LogP contribution < -0.4 is 0 Å². The van der Waals surface area contributed by atoms with Gasteiger partial charge in [-0.2, -0.15) is 0 Å². The molecule has 1 aromatic heterocycles. The summed E-state index contributed by atoms with van der Waals surface area (Å²) in [7, 11) is 0. The highest BCUT2D eigenvalue weighted by Gasteiger charge is 2.02. The largest absolute Gasteiger partial charge is 0.507 e. The third kappa shape index (κ3) is 2.50. The zero-order chi connectivity index (χ0) is 10.7. The van der Waals surface area contributed by atoms with Gasteiger partial charge in [-0.15, -0.1) is 0 Å². The third-order valence-electron chi connectivity index (χ3n) is 1.96. The number of aromatic hydroxyl groups is 1. The first-order chi connectivity index (χ1) is 7.25. The molecular formula is C12H11NOS. The number of nitrogens with zero attached hydrogens (tertiary/aromatic N) is 1. The Hall–Kier alpha value is -1.48. The van der Waals surface area contributed by atoms with Crippen molar-refractivity contribution in [3.63, 3.8) is 0 Å². The molecule has 0 radical (unpaired) electrons. The zero-order valence-corrected chi connectivity index (χ0v) is 9.16. The molecule has 15 heavy (non-hydrogen) atoms.